The average Bonchev–Trinajstić information content (AvgIpc) is 2.82. The van der Waals surface area contributed by atoms with Gasteiger partial charge >= 0.3 is 0 Å². The first-order chi connectivity index (χ1) is 9.47. The van der Waals surface area contributed by atoms with E-state index in [1.54, 1.807) is 18.4 Å². The highest BCUT2D eigenvalue weighted by atomic mass is 32.1. The fourth-order valence-corrected chi connectivity index (χ4v) is 3.68. The normalized spacial score (nSPS) is 13.4. The van der Waals surface area contributed by atoms with Crippen LogP contribution >= 0.6 is 11.3 Å². The first-order valence-electron chi connectivity index (χ1n) is 6.75. The smallest absolute Gasteiger partial charge is 0.123 e. The van der Waals surface area contributed by atoms with Crippen LogP contribution in [0, 0.1) is 5.41 Å². The van der Waals surface area contributed by atoms with Gasteiger partial charge in [-0.3, -0.25) is 0 Å². The maximum absolute atomic E-state index is 5.86. The lowest BCUT2D eigenvalue weighted by molar-refractivity contribution is 0.0149. The van der Waals surface area contributed by atoms with Gasteiger partial charge in [0, 0.05) is 13.7 Å². The summed E-state index contributed by atoms with van der Waals surface area (Å²) in [6.07, 6.45) is -0.0183. The van der Waals surface area contributed by atoms with Crippen molar-refractivity contribution in [3.05, 3.63) is 41.0 Å². The van der Waals surface area contributed by atoms with E-state index in [2.05, 4.69) is 32.9 Å². The molecule has 0 aliphatic rings. The van der Waals surface area contributed by atoms with Gasteiger partial charge in [-0.05, 0) is 11.0 Å². The Morgan fingerprint density at radius 2 is 1.90 bits per heavy atom. The summed E-state index contributed by atoms with van der Waals surface area (Å²) in [5.74, 6) is 0. The van der Waals surface area contributed by atoms with Crippen LogP contribution < -0.4 is 5.73 Å². The van der Waals surface area contributed by atoms with Crippen LogP contribution in [0.25, 0.3) is 10.4 Å². The number of aromatic nitrogens is 1. The quantitative estimate of drug-likeness (QED) is 0.925. The molecule has 108 valence electrons. The second-order valence-corrected chi connectivity index (χ2v) is 6.91. The molecule has 0 aliphatic carbocycles. The van der Waals surface area contributed by atoms with Crippen LogP contribution in [0.1, 0.15) is 37.6 Å². The summed E-state index contributed by atoms with van der Waals surface area (Å²) in [5.41, 5.74) is 7.98. The van der Waals surface area contributed by atoms with Crippen LogP contribution in [0.4, 0.5) is 0 Å². The fraction of sp³-hybridized carbons (Fsp3) is 0.438. The van der Waals surface area contributed by atoms with E-state index in [4.69, 9.17) is 15.5 Å². The summed E-state index contributed by atoms with van der Waals surface area (Å²) >= 11 is 1.68. The number of nitrogens with zero attached hydrogens (tertiary/aromatic N) is 1. The van der Waals surface area contributed by atoms with Crippen molar-refractivity contribution in [2.24, 2.45) is 11.1 Å². The van der Waals surface area contributed by atoms with Crippen molar-refractivity contribution in [1.29, 1.82) is 0 Å². The molecule has 0 amide bonds. The van der Waals surface area contributed by atoms with Crippen molar-refractivity contribution in [3.63, 3.8) is 0 Å². The Hall–Kier alpha value is -1.23. The molecule has 0 radical (unpaired) electrons. The van der Waals surface area contributed by atoms with Gasteiger partial charge < -0.3 is 10.5 Å². The molecule has 20 heavy (non-hydrogen) atoms. The number of thiazole rings is 1. The van der Waals surface area contributed by atoms with E-state index in [9.17, 15) is 0 Å². The van der Waals surface area contributed by atoms with E-state index in [1.807, 2.05) is 18.2 Å². The van der Waals surface area contributed by atoms with Crippen molar-refractivity contribution in [2.75, 3.05) is 7.11 Å². The highest BCUT2D eigenvalue weighted by molar-refractivity contribution is 7.15. The molecule has 0 fully saturated rings. The van der Waals surface area contributed by atoms with Crippen LogP contribution in [0.15, 0.2) is 30.3 Å². The maximum Gasteiger partial charge on any atom is 0.123 e. The Labute approximate surface area is 124 Å². The molecular formula is C16H22N2OS. The van der Waals surface area contributed by atoms with Gasteiger partial charge in [0.25, 0.3) is 0 Å². The summed E-state index contributed by atoms with van der Waals surface area (Å²) in [7, 11) is 1.74. The van der Waals surface area contributed by atoms with E-state index in [1.165, 1.54) is 5.56 Å². The molecule has 2 aromatic rings. The second kappa shape index (κ2) is 6.04. The number of benzene rings is 1. The van der Waals surface area contributed by atoms with Gasteiger partial charge in [-0.1, -0.05) is 51.1 Å². The molecule has 1 aromatic heterocycles. The molecule has 1 heterocycles. The molecule has 0 saturated heterocycles. The molecule has 1 aromatic carbocycles. The number of ether oxygens (including phenoxy) is 1. The minimum atomic E-state index is -0.0183. The molecular weight excluding hydrogens is 268 g/mol. The number of methoxy groups -OCH3 is 1. The molecule has 2 N–H and O–H groups in total. The Morgan fingerprint density at radius 1 is 1.25 bits per heavy atom. The first kappa shape index (κ1) is 15.2. The molecule has 0 bridgehead atoms. The monoisotopic (exact) mass is 290 g/mol. The van der Waals surface area contributed by atoms with E-state index in [-0.39, 0.29) is 11.5 Å². The number of hydrogen-bond donors (Lipinski definition) is 1. The van der Waals surface area contributed by atoms with Crippen LogP contribution in [0.3, 0.4) is 0 Å². The standard InChI is InChI=1S/C16H22N2OS/c1-16(2,3)14(19-4)15-18-12(10-17)13(20-15)11-8-6-5-7-9-11/h5-9,14H,10,17H2,1-4H3. The van der Waals surface area contributed by atoms with Crippen molar-refractivity contribution in [1.82, 2.24) is 4.98 Å². The van der Waals surface area contributed by atoms with E-state index >= 15 is 0 Å². The van der Waals surface area contributed by atoms with E-state index < -0.39 is 0 Å². The lowest BCUT2D eigenvalue weighted by Gasteiger charge is -2.27. The molecule has 0 saturated carbocycles. The zero-order chi connectivity index (χ0) is 14.8. The minimum absolute atomic E-state index is 0.00638. The molecule has 1 atom stereocenters. The highest BCUT2D eigenvalue weighted by Crippen LogP contribution is 2.41. The summed E-state index contributed by atoms with van der Waals surface area (Å²) < 4.78 is 5.66. The van der Waals surface area contributed by atoms with Gasteiger partial charge in [-0.15, -0.1) is 11.3 Å². The topological polar surface area (TPSA) is 48.1 Å². The summed E-state index contributed by atoms with van der Waals surface area (Å²) in [6.45, 7) is 6.92. The van der Waals surface area contributed by atoms with Crippen molar-refractivity contribution in [3.8, 4) is 10.4 Å². The molecule has 0 aliphatic heterocycles. The molecule has 0 spiro atoms. The zero-order valence-electron chi connectivity index (χ0n) is 12.5. The minimum Gasteiger partial charge on any atom is -0.374 e. The van der Waals surface area contributed by atoms with E-state index in [0.717, 1.165) is 15.6 Å². The van der Waals surface area contributed by atoms with Gasteiger partial charge in [0.05, 0.1) is 10.6 Å². The van der Waals surface area contributed by atoms with Gasteiger partial charge in [0.1, 0.15) is 11.1 Å². The average molecular weight is 290 g/mol. The third kappa shape index (κ3) is 3.08. The summed E-state index contributed by atoms with van der Waals surface area (Å²) in [4.78, 5) is 5.86. The van der Waals surface area contributed by atoms with Crippen LogP contribution in [0.2, 0.25) is 0 Å². The van der Waals surface area contributed by atoms with Crippen LogP contribution in [0.5, 0.6) is 0 Å². The lowest BCUT2D eigenvalue weighted by atomic mass is 9.89. The number of nitrogens with two attached hydrogens (primary N) is 1. The molecule has 4 heteroatoms. The molecule has 1 unspecified atom stereocenters. The Kier molecular flexibility index (Phi) is 4.58. The maximum atomic E-state index is 5.86. The van der Waals surface area contributed by atoms with Crippen LogP contribution in [-0.4, -0.2) is 12.1 Å². The van der Waals surface area contributed by atoms with Gasteiger partial charge in [-0.2, -0.15) is 0 Å². The zero-order valence-corrected chi connectivity index (χ0v) is 13.3. The van der Waals surface area contributed by atoms with Gasteiger partial charge in [0.2, 0.25) is 0 Å². The first-order valence-corrected chi connectivity index (χ1v) is 7.57. The van der Waals surface area contributed by atoms with Gasteiger partial charge in [0.15, 0.2) is 0 Å². The summed E-state index contributed by atoms with van der Waals surface area (Å²) in [6, 6.07) is 10.3. The van der Waals surface area contributed by atoms with E-state index in [0.29, 0.717) is 6.54 Å². The fourth-order valence-electron chi connectivity index (χ4n) is 2.26. The number of rotatable bonds is 4. The number of hydrogen-bond acceptors (Lipinski definition) is 4. The van der Waals surface area contributed by atoms with Crippen molar-refractivity contribution in [2.45, 2.75) is 33.4 Å². The molecule has 3 nitrogen and oxygen atoms in total. The van der Waals surface area contributed by atoms with Crippen molar-refractivity contribution < 1.29 is 4.74 Å². The largest absolute Gasteiger partial charge is 0.374 e. The SMILES string of the molecule is COC(c1nc(CN)c(-c2ccccc2)s1)C(C)(C)C. The van der Waals surface area contributed by atoms with Crippen molar-refractivity contribution >= 4 is 11.3 Å². The Bertz CT molecular complexity index is 558. The summed E-state index contributed by atoms with van der Waals surface area (Å²) in [5, 5.41) is 0.999. The Morgan fingerprint density at radius 3 is 2.40 bits per heavy atom. The third-order valence-corrected chi connectivity index (χ3v) is 4.38. The lowest BCUT2D eigenvalue weighted by Crippen LogP contribution is -2.20. The highest BCUT2D eigenvalue weighted by Gasteiger charge is 2.30. The predicted molar refractivity (Wildman–Crippen MR) is 84.6 cm³/mol. The molecule has 2 rings (SSSR count). The van der Waals surface area contributed by atoms with Crippen LogP contribution in [-0.2, 0) is 11.3 Å². The van der Waals surface area contributed by atoms with Gasteiger partial charge in [-0.25, -0.2) is 4.98 Å². The third-order valence-electron chi connectivity index (χ3n) is 3.19. The second-order valence-electron chi connectivity index (χ2n) is 5.88. The Balaban J connectivity index is 2.46. The predicted octanol–water partition coefficient (Wildman–Crippen LogP) is 4.00.